The highest BCUT2D eigenvalue weighted by molar-refractivity contribution is 6.01. The molecule has 10 heteroatoms. The van der Waals surface area contributed by atoms with Gasteiger partial charge in [0.1, 0.15) is 5.82 Å². The van der Waals surface area contributed by atoms with Gasteiger partial charge in [-0.05, 0) is 54.9 Å². The van der Waals surface area contributed by atoms with E-state index in [1.54, 1.807) is 41.5 Å². The highest BCUT2D eigenvalue weighted by Gasteiger charge is 2.19. The van der Waals surface area contributed by atoms with Crippen molar-refractivity contribution in [2.45, 2.75) is 13.5 Å². The van der Waals surface area contributed by atoms with Gasteiger partial charge in [0.2, 0.25) is 11.9 Å². The van der Waals surface area contributed by atoms with Crippen LogP contribution in [0.15, 0.2) is 55.1 Å². The quantitative estimate of drug-likeness (QED) is 0.363. The van der Waals surface area contributed by atoms with E-state index in [4.69, 9.17) is 5.73 Å². The molecule has 9 nitrogen and oxygen atoms in total. The molecule has 3 N–H and O–H groups in total. The maximum absolute atomic E-state index is 14.9. The molecule has 204 valence electrons. The van der Waals surface area contributed by atoms with Crippen molar-refractivity contribution >= 4 is 17.5 Å². The second-order valence-electron chi connectivity index (χ2n) is 10.0. The number of primary amides is 1. The second kappa shape index (κ2) is 11.7. The number of carbonyl (C=O) groups excluding carboxylic acids is 1. The fourth-order valence-corrected chi connectivity index (χ4v) is 4.73. The Hall–Kier alpha value is -4.59. The number of carbonyl (C=O) groups is 1. The molecule has 2 aromatic carbocycles. The van der Waals surface area contributed by atoms with E-state index in [1.807, 2.05) is 26.2 Å². The Morgan fingerprint density at radius 3 is 2.48 bits per heavy atom. The molecular formula is C30H31FN8O. The van der Waals surface area contributed by atoms with Crippen LogP contribution >= 0.6 is 0 Å². The van der Waals surface area contributed by atoms with E-state index in [-0.39, 0.29) is 5.82 Å². The number of piperazine rings is 1. The van der Waals surface area contributed by atoms with E-state index in [2.05, 4.69) is 49.1 Å². The zero-order valence-electron chi connectivity index (χ0n) is 22.8. The van der Waals surface area contributed by atoms with Crippen LogP contribution in [-0.2, 0) is 13.6 Å². The summed E-state index contributed by atoms with van der Waals surface area (Å²) in [5.74, 6) is 5.72. The van der Waals surface area contributed by atoms with Gasteiger partial charge in [-0.15, -0.1) is 0 Å². The van der Waals surface area contributed by atoms with Gasteiger partial charge in [-0.2, -0.15) is 5.10 Å². The number of hydrogen-bond acceptors (Lipinski definition) is 7. The summed E-state index contributed by atoms with van der Waals surface area (Å²) in [6.07, 6.45) is 6.72. The van der Waals surface area contributed by atoms with Crippen molar-refractivity contribution in [1.82, 2.24) is 29.5 Å². The average molecular weight is 539 g/mol. The van der Waals surface area contributed by atoms with E-state index in [9.17, 15) is 9.18 Å². The lowest BCUT2D eigenvalue weighted by Gasteiger charge is -2.32. The van der Waals surface area contributed by atoms with Crippen LogP contribution in [0.2, 0.25) is 0 Å². The van der Waals surface area contributed by atoms with Gasteiger partial charge in [-0.1, -0.05) is 17.9 Å². The van der Waals surface area contributed by atoms with Crippen LogP contribution in [0.25, 0.3) is 11.1 Å². The van der Waals surface area contributed by atoms with Gasteiger partial charge in [0, 0.05) is 75.1 Å². The molecule has 0 spiro atoms. The molecule has 5 rings (SSSR count). The number of benzene rings is 2. The van der Waals surface area contributed by atoms with Crippen LogP contribution in [0.3, 0.4) is 0 Å². The topological polar surface area (TPSA) is 105 Å². The maximum Gasteiger partial charge on any atom is 0.249 e. The third-order valence-corrected chi connectivity index (χ3v) is 6.87. The molecule has 4 aromatic rings. The number of aryl methyl sites for hydroxylation is 2. The lowest BCUT2D eigenvalue weighted by molar-refractivity contribution is 0.100. The van der Waals surface area contributed by atoms with E-state index in [0.29, 0.717) is 40.3 Å². The Morgan fingerprint density at radius 2 is 1.80 bits per heavy atom. The molecule has 0 bridgehead atoms. The first-order chi connectivity index (χ1) is 19.2. The highest BCUT2D eigenvalue weighted by Crippen LogP contribution is 2.32. The molecule has 2 aromatic heterocycles. The summed E-state index contributed by atoms with van der Waals surface area (Å²) in [5, 5.41) is 7.19. The predicted octanol–water partition coefficient (Wildman–Crippen LogP) is 3.31. The fraction of sp³-hybridized carbons (Fsp3) is 0.267. The lowest BCUT2D eigenvalue weighted by Crippen LogP contribution is -2.43. The van der Waals surface area contributed by atoms with Crippen molar-refractivity contribution in [3.05, 3.63) is 88.8 Å². The van der Waals surface area contributed by atoms with Crippen molar-refractivity contribution in [2.75, 3.05) is 38.5 Å². The summed E-state index contributed by atoms with van der Waals surface area (Å²) in [4.78, 5) is 25.7. The number of anilines is 2. The standard InChI is InChI=1S/C30H31FN8O/c1-20-4-6-27(29(32)40)28(23-12-22(13-24(31)14-23)18-39-10-8-37(2)9-11-39)26(20)7-5-21-15-33-30(34-16-21)36-25-17-35-38(3)19-25/h4,6,12-17,19H,8-11,18H2,1-3H3,(H2,32,40)(H,33,34,36). The van der Waals surface area contributed by atoms with E-state index >= 15 is 0 Å². The van der Waals surface area contributed by atoms with Crippen LogP contribution < -0.4 is 11.1 Å². The van der Waals surface area contributed by atoms with Gasteiger partial charge in [0.05, 0.1) is 17.4 Å². The molecule has 1 aliphatic rings. The van der Waals surface area contributed by atoms with E-state index < -0.39 is 5.91 Å². The summed E-state index contributed by atoms with van der Waals surface area (Å²) in [6.45, 7) is 6.28. The maximum atomic E-state index is 14.9. The molecule has 0 aliphatic carbocycles. The first kappa shape index (κ1) is 27.0. The molecule has 0 radical (unpaired) electrons. The summed E-state index contributed by atoms with van der Waals surface area (Å²) < 4.78 is 16.6. The third-order valence-electron chi connectivity index (χ3n) is 6.87. The van der Waals surface area contributed by atoms with Crippen LogP contribution in [0.1, 0.15) is 32.6 Å². The molecule has 1 aliphatic heterocycles. The van der Waals surface area contributed by atoms with Crippen LogP contribution in [0.4, 0.5) is 16.0 Å². The van der Waals surface area contributed by atoms with Gasteiger partial charge >= 0.3 is 0 Å². The van der Waals surface area contributed by atoms with Crippen molar-refractivity contribution in [3.8, 4) is 23.0 Å². The van der Waals surface area contributed by atoms with Crippen molar-refractivity contribution in [2.24, 2.45) is 12.8 Å². The predicted molar refractivity (Wildman–Crippen MR) is 152 cm³/mol. The molecule has 0 unspecified atom stereocenters. The van der Waals surface area contributed by atoms with E-state index in [1.165, 1.54) is 6.07 Å². The number of nitrogens with two attached hydrogens (primary N) is 1. The Bertz CT molecular complexity index is 1590. The van der Waals surface area contributed by atoms with Gasteiger partial charge in [0.25, 0.3) is 0 Å². The molecule has 1 amide bonds. The number of hydrogen-bond donors (Lipinski definition) is 2. The number of likely N-dealkylation sites (N-methyl/N-ethyl adjacent to an activating group) is 1. The summed E-state index contributed by atoms with van der Waals surface area (Å²) in [5.41, 5.74) is 10.8. The van der Waals surface area contributed by atoms with Gasteiger partial charge in [-0.3, -0.25) is 14.4 Å². The van der Waals surface area contributed by atoms with E-state index in [0.717, 1.165) is 43.0 Å². The Kier molecular flexibility index (Phi) is 7.86. The largest absolute Gasteiger partial charge is 0.366 e. The monoisotopic (exact) mass is 538 g/mol. The number of nitrogens with one attached hydrogen (secondary N) is 1. The Labute approximate surface area is 232 Å². The number of nitrogens with zero attached hydrogens (tertiary/aromatic N) is 6. The number of aromatic nitrogens is 4. The molecule has 1 saturated heterocycles. The van der Waals surface area contributed by atoms with Gasteiger partial charge in [-0.25, -0.2) is 14.4 Å². The SMILES string of the molecule is Cc1ccc(C(N)=O)c(-c2cc(F)cc(CN3CCN(C)CC3)c2)c1C#Cc1cnc(Nc2cnn(C)c2)nc1. The zero-order chi connectivity index (χ0) is 28.2. The molecule has 1 fully saturated rings. The minimum absolute atomic E-state index is 0.290. The minimum atomic E-state index is -0.600. The average Bonchev–Trinajstić information content (AvgIpc) is 3.33. The summed E-state index contributed by atoms with van der Waals surface area (Å²) in [7, 11) is 3.93. The number of rotatable bonds is 6. The van der Waals surface area contributed by atoms with Crippen LogP contribution in [-0.4, -0.2) is 68.7 Å². The fourth-order valence-electron chi connectivity index (χ4n) is 4.73. The first-order valence-electron chi connectivity index (χ1n) is 13.0. The normalized spacial score (nSPS) is 14.0. The third kappa shape index (κ3) is 6.34. The van der Waals surface area contributed by atoms with Crippen molar-refractivity contribution in [3.63, 3.8) is 0 Å². The van der Waals surface area contributed by atoms with Crippen molar-refractivity contribution < 1.29 is 9.18 Å². The zero-order valence-corrected chi connectivity index (χ0v) is 22.8. The lowest BCUT2D eigenvalue weighted by atomic mass is 9.90. The first-order valence-corrected chi connectivity index (χ1v) is 13.0. The summed E-state index contributed by atoms with van der Waals surface area (Å²) >= 11 is 0. The van der Waals surface area contributed by atoms with Gasteiger partial charge in [0.15, 0.2) is 0 Å². The Morgan fingerprint density at radius 1 is 1.05 bits per heavy atom. The highest BCUT2D eigenvalue weighted by atomic mass is 19.1. The second-order valence-corrected chi connectivity index (χ2v) is 10.0. The smallest absolute Gasteiger partial charge is 0.249 e. The minimum Gasteiger partial charge on any atom is -0.366 e. The number of halogens is 1. The molecule has 3 heterocycles. The summed E-state index contributed by atoms with van der Waals surface area (Å²) in [6, 6.07) is 8.38. The Balaban J connectivity index is 1.48. The molecule has 40 heavy (non-hydrogen) atoms. The molecule has 0 atom stereocenters. The van der Waals surface area contributed by atoms with Crippen LogP contribution in [0, 0.1) is 24.6 Å². The molecular weight excluding hydrogens is 507 g/mol. The molecule has 0 saturated carbocycles. The van der Waals surface area contributed by atoms with Gasteiger partial charge < -0.3 is 16.0 Å². The van der Waals surface area contributed by atoms with Crippen molar-refractivity contribution in [1.29, 1.82) is 0 Å². The number of amides is 1. The van der Waals surface area contributed by atoms with Crippen LogP contribution in [0.5, 0.6) is 0 Å².